The number of carbonyl (C=O) groups excluding carboxylic acids is 2. The molecular formula is C24H21N3O3. The molecule has 0 saturated heterocycles. The highest BCUT2D eigenvalue weighted by atomic mass is 16.5. The number of H-pyrrole nitrogens is 1. The van der Waals surface area contributed by atoms with E-state index in [0.717, 1.165) is 11.0 Å². The Morgan fingerprint density at radius 3 is 2.20 bits per heavy atom. The average molecular weight is 399 g/mol. The Morgan fingerprint density at radius 1 is 0.967 bits per heavy atom. The summed E-state index contributed by atoms with van der Waals surface area (Å²) in [6.45, 7) is 1.82. The molecule has 0 saturated carbocycles. The molecule has 6 heteroatoms. The predicted octanol–water partition coefficient (Wildman–Crippen LogP) is 4.86. The van der Waals surface area contributed by atoms with E-state index in [2.05, 4.69) is 9.97 Å². The number of hydrogen-bond acceptors (Lipinski definition) is 4. The molecule has 30 heavy (non-hydrogen) atoms. The Labute approximate surface area is 174 Å². The lowest BCUT2D eigenvalue weighted by Gasteiger charge is -2.27. The molecule has 150 valence electrons. The molecule has 0 radical (unpaired) electrons. The maximum atomic E-state index is 13.4. The van der Waals surface area contributed by atoms with E-state index >= 15 is 0 Å². The third-order valence-electron chi connectivity index (χ3n) is 4.80. The number of nitrogens with one attached hydrogen (secondary N) is 1. The summed E-state index contributed by atoms with van der Waals surface area (Å²) in [4.78, 5) is 34.9. The van der Waals surface area contributed by atoms with Crippen LogP contribution in [-0.4, -0.2) is 27.9 Å². The number of rotatable bonds is 6. The number of imidazole rings is 1. The minimum absolute atomic E-state index is 0.300. The fourth-order valence-electron chi connectivity index (χ4n) is 3.27. The summed E-state index contributed by atoms with van der Waals surface area (Å²) in [5.41, 5.74) is 3.28. The molecule has 1 atom stereocenters. The summed E-state index contributed by atoms with van der Waals surface area (Å²) < 4.78 is 5.63. The van der Waals surface area contributed by atoms with Crippen molar-refractivity contribution in [2.75, 3.05) is 4.90 Å². The van der Waals surface area contributed by atoms with Gasteiger partial charge in [0.2, 0.25) is 0 Å². The highest BCUT2D eigenvalue weighted by molar-refractivity contribution is 6.04. The van der Waals surface area contributed by atoms with Crippen LogP contribution in [0.3, 0.4) is 0 Å². The van der Waals surface area contributed by atoms with Crippen LogP contribution in [0.15, 0.2) is 85.2 Å². The van der Waals surface area contributed by atoms with Gasteiger partial charge in [0, 0.05) is 11.4 Å². The lowest BCUT2D eigenvalue weighted by atomic mass is 10.1. The Balaban J connectivity index is 1.61. The van der Waals surface area contributed by atoms with Crippen molar-refractivity contribution in [2.24, 2.45) is 0 Å². The first kappa shape index (κ1) is 19.4. The van der Waals surface area contributed by atoms with Crippen molar-refractivity contribution in [2.45, 2.75) is 19.4 Å². The molecular weight excluding hydrogens is 378 g/mol. The molecule has 4 aromatic rings. The van der Waals surface area contributed by atoms with Gasteiger partial charge in [-0.15, -0.1) is 0 Å². The average Bonchev–Trinajstić information content (AvgIpc) is 3.27. The smallest absolute Gasteiger partial charge is 0.338 e. The molecule has 6 nitrogen and oxygen atoms in total. The Morgan fingerprint density at radius 2 is 1.60 bits per heavy atom. The molecule has 3 aromatic carbocycles. The molecule has 0 aliphatic heterocycles. The Kier molecular flexibility index (Phi) is 5.57. The SMILES string of the molecule is CCC(OC(=O)c1ccc2nc[nH]c2c1)C(=O)N(c1ccccc1)c1ccccc1. The van der Waals surface area contributed by atoms with Gasteiger partial charge >= 0.3 is 5.97 Å². The zero-order valence-corrected chi connectivity index (χ0v) is 16.5. The molecule has 1 aromatic heterocycles. The van der Waals surface area contributed by atoms with Crippen LogP contribution in [0.4, 0.5) is 11.4 Å². The summed E-state index contributed by atoms with van der Waals surface area (Å²) in [6, 6.07) is 23.7. The number of esters is 1. The largest absolute Gasteiger partial charge is 0.449 e. The molecule has 1 N–H and O–H groups in total. The Bertz CT molecular complexity index is 1120. The van der Waals surface area contributed by atoms with Crippen molar-refractivity contribution >= 4 is 34.3 Å². The van der Waals surface area contributed by atoms with Gasteiger partial charge < -0.3 is 9.72 Å². The summed E-state index contributed by atoms with van der Waals surface area (Å²) in [6.07, 6.45) is 0.998. The number of fused-ring (bicyclic) bond motifs is 1. The number of anilines is 2. The molecule has 0 fully saturated rings. The van der Waals surface area contributed by atoms with Crippen LogP contribution in [0.25, 0.3) is 11.0 Å². The summed E-state index contributed by atoms with van der Waals surface area (Å²) in [7, 11) is 0. The van der Waals surface area contributed by atoms with E-state index in [9.17, 15) is 9.59 Å². The highest BCUT2D eigenvalue weighted by Gasteiger charge is 2.29. The second-order valence-electron chi connectivity index (χ2n) is 6.78. The van der Waals surface area contributed by atoms with E-state index in [-0.39, 0.29) is 5.91 Å². The van der Waals surface area contributed by atoms with Gasteiger partial charge in [-0.25, -0.2) is 9.78 Å². The van der Waals surface area contributed by atoms with Crippen LogP contribution in [0.5, 0.6) is 0 Å². The van der Waals surface area contributed by atoms with Crippen molar-refractivity contribution in [1.82, 2.24) is 9.97 Å². The van der Waals surface area contributed by atoms with Gasteiger partial charge in [0.05, 0.1) is 22.9 Å². The fraction of sp³-hybridized carbons (Fsp3) is 0.125. The van der Waals surface area contributed by atoms with Crippen molar-refractivity contribution in [1.29, 1.82) is 0 Å². The topological polar surface area (TPSA) is 75.3 Å². The number of amides is 1. The second-order valence-corrected chi connectivity index (χ2v) is 6.78. The minimum Gasteiger partial charge on any atom is -0.449 e. The first-order chi connectivity index (χ1) is 14.7. The van der Waals surface area contributed by atoms with Gasteiger partial charge in [-0.3, -0.25) is 9.69 Å². The maximum absolute atomic E-state index is 13.4. The van der Waals surface area contributed by atoms with Gasteiger partial charge in [-0.2, -0.15) is 0 Å². The highest BCUT2D eigenvalue weighted by Crippen LogP contribution is 2.27. The fourth-order valence-corrected chi connectivity index (χ4v) is 3.27. The van der Waals surface area contributed by atoms with Crippen molar-refractivity contribution in [3.05, 3.63) is 90.8 Å². The normalized spacial score (nSPS) is 11.8. The van der Waals surface area contributed by atoms with Crippen LogP contribution < -0.4 is 4.90 Å². The van der Waals surface area contributed by atoms with Gasteiger partial charge in [-0.05, 0) is 48.9 Å². The molecule has 0 spiro atoms. The van der Waals surface area contributed by atoms with E-state index in [1.54, 1.807) is 29.4 Å². The minimum atomic E-state index is -0.921. The standard InChI is InChI=1S/C24H21N3O3/c1-2-22(30-24(29)17-13-14-20-21(15-17)26-16-25-20)23(28)27(18-9-5-3-6-10-18)19-11-7-4-8-12-19/h3-16,22H,2H2,1H3,(H,25,26). The van der Waals surface area contributed by atoms with Gasteiger partial charge in [0.1, 0.15) is 0 Å². The number of ether oxygens (including phenoxy) is 1. The number of carbonyl (C=O) groups is 2. The van der Waals surface area contributed by atoms with Gasteiger partial charge in [0.15, 0.2) is 6.10 Å². The van der Waals surface area contributed by atoms with E-state index < -0.39 is 12.1 Å². The molecule has 0 aliphatic carbocycles. The summed E-state index contributed by atoms with van der Waals surface area (Å²) in [5.74, 6) is -0.848. The molecule has 4 rings (SSSR count). The van der Waals surface area contributed by atoms with Gasteiger partial charge in [0.25, 0.3) is 5.91 Å². The van der Waals surface area contributed by atoms with Crippen molar-refractivity contribution in [3.63, 3.8) is 0 Å². The molecule has 0 bridgehead atoms. The lowest BCUT2D eigenvalue weighted by molar-refractivity contribution is -0.126. The zero-order valence-electron chi connectivity index (χ0n) is 16.5. The zero-order chi connectivity index (χ0) is 20.9. The van der Waals surface area contributed by atoms with Crippen LogP contribution in [0.1, 0.15) is 23.7 Å². The molecule has 0 aliphatic rings. The lowest BCUT2D eigenvalue weighted by Crippen LogP contribution is -2.38. The number of para-hydroxylation sites is 2. The quantitative estimate of drug-likeness (QED) is 0.470. The number of aromatic amines is 1. The second kappa shape index (κ2) is 8.61. The van der Waals surface area contributed by atoms with Crippen LogP contribution in [0, 0.1) is 0 Å². The third kappa shape index (κ3) is 3.93. The van der Waals surface area contributed by atoms with Crippen molar-refractivity contribution < 1.29 is 14.3 Å². The number of aromatic nitrogens is 2. The van der Waals surface area contributed by atoms with E-state index in [1.165, 1.54) is 0 Å². The summed E-state index contributed by atoms with van der Waals surface area (Å²) >= 11 is 0. The number of hydrogen-bond donors (Lipinski definition) is 1. The number of nitrogens with zero attached hydrogens (tertiary/aromatic N) is 2. The van der Waals surface area contributed by atoms with Crippen LogP contribution in [-0.2, 0) is 9.53 Å². The van der Waals surface area contributed by atoms with Gasteiger partial charge in [-0.1, -0.05) is 43.3 Å². The Hall–Kier alpha value is -3.93. The predicted molar refractivity (Wildman–Crippen MR) is 116 cm³/mol. The first-order valence-corrected chi connectivity index (χ1v) is 9.75. The maximum Gasteiger partial charge on any atom is 0.338 e. The number of benzene rings is 3. The van der Waals surface area contributed by atoms with Crippen molar-refractivity contribution in [3.8, 4) is 0 Å². The van der Waals surface area contributed by atoms with E-state index in [4.69, 9.17) is 4.74 Å². The van der Waals surface area contributed by atoms with Crippen LogP contribution >= 0.6 is 0 Å². The first-order valence-electron chi connectivity index (χ1n) is 9.75. The summed E-state index contributed by atoms with van der Waals surface area (Å²) in [5, 5.41) is 0. The van der Waals surface area contributed by atoms with E-state index in [1.807, 2.05) is 67.6 Å². The molecule has 1 amide bonds. The molecule has 1 unspecified atom stereocenters. The van der Waals surface area contributed by atoms with Crippen LogP contribution in [0.2, 0.25) is 0 Å². The monoisotopic (exact) mass is 399 g/mol. The third-order valence-corrected chi connectivity index (χ3v) is 4.80. The molecule has 1 heterocycles. The van der Waals surface area contributed by atoms with E-state index in [0.29, 0.717) is 23.4 Å².